The maximum Gasteiger partial charge on any atom is 0.227 e. The summed E-state index contributed by atoms with van der Waals surface area (Å²) in [5, 5.41) is 2.75. The molecule has 0 aliphatic heterocycles. The van der Waals surface area contributed by atoms with E-state index in [0.717, 1.165) is 12.8 Å². The molecule has 0 aliphatic rings. The molecule has 1 N–H and O–H groups in total. The molecule has 0 saturated carbocycles. The smallest absolute Gasteiger partial charge is 0.227 e. The van der Waals surface area contributed by atoms with Crippen molar-refractivity contribution in [2.75, 3.05) is 6.54 Å². The number of Topliss-reactive ketones (excluding diaryl/α,β-unsaturated/α-hetero) is 1. The highest BCUT2D eigenvalue weighted by Crippen LogP contribution is 2.10. The summed E-state index contributed by atoms with van der Waals surface area (Å²) >= 11 is 0. The lowest BCUT2D eigenvalue weighted by atomic mass is 10.0. The van der Waals surface area contributed by atoms with Crippen LogP contribution < -0.4 is 5.32 Å². The number of rotatable bonds is 7. The van der Waals surface area contributed by atoms with Crippen molar-refractivity contribution in [3.05, 3.63) is 35.4 Å². The second-order valence-corrected chi connectivity index (χ2v) is 5.39. The molecule has 19 heavy (non-hydrogen) atoms. The van der Waals surface area contributed by atoms with Gasteiger partial charge in [0.05, 0.1) is 6.42 Å². The SMILES string of the molecule is CC(=O)CC(=O)NCCc1ccc(CC(C)C)cc1. The fourth-order valence-corrected chi connectivity index (χ4v) is 1.95. The maximum atomic E-state index is 11.3. The van der Waals surface area contributed by atoms with Crippen LogP contribution in [0.2, 0.25) is 0 Å². The summed E-state index contributed by atoms with van der Waals surface area (Å²) in [5.41, 5.74) is 2.55. The van der Waals surface area contributed by atoms with E-state index in [1.807, 2.05) is 0 Å². The zero-order valence-corrected chi connectivity index (χ0v) is 12.0. The Hall–Kier alpha value is -1.64. The van der Waals surface area contributed by atoms with Gasteiger partial charge in [-0.2, -0.15) is 0 Å². The standard InChI is InChI=1S/C16H23NO2/c1-12(2)10-15-6-4-14(5-7-15)8-9-17-16(19)11-13(3)18/h4-7,12H,8-11H2,1-3H3,(H,17,19). The van der Waals surface area contributed by atoms with E-state index in [1.54, 1.807) is 0 Å². The van der Waals surface area contributed by atoms with Gasteiger partial charge in [-0.1, -0.05) is 38.1 Å². The van der Waals surface area contributed by atoms with Gasteiger partial charge in [-0.3, -0.25) is 9.59 Å². The Morgan fingerprint density at radius 3 is 2.21 bits per heavy atom. The first-order valence-electron chi connectivity index (χ1n) is 6.81. The Bertz CT molecular complexity index is 421. The molecule has 0 unspecified atom stereocenters. The zero-order chi connectivity index (χ0) is 14.3. The normalized spacial score (nSPS) is 10.5. The summed E-state index contributed by atoms with van der Waals surface area (Å²) in [7, 11) is 0. The summed E-state index contributed by atoms with van der Waals surface area (Å²) in [6, 6.07) is 8.50. The minimum atomic E-state index is -0.191. The number of nitrogens with one attached hydrogen (secondary N) is 1. The number of carbonyl (C=O) groups excluding carboxylic acids is 2. The van der Waals surface area contributed by atoms with Crippen LogP contribution in [-0.2, 0) is 22.4 Å². The Kier molecular flexibility index (Phi) is 6.26. The fraction of sp³-hybridized carbons (Fsp3) is 0.500. The highest BCUT2D eigenvalue weighted by Gasteiger charge is 2.04. The first-order valence-corrected chi connectivity index (χ1v) is 6.81. The van der Waals surface area contributed by atoms with E-state index in [1.165, 1.54) is 18.1 Å². The van der Waals surface area contributed by atoms with Crippen LogP contribution in [0, 0.1) is 5.92 Å². The molecule has 3 nitrogen and oxygen atoms in total. The van der Waals surface area contributed by atoms with E-state index in [2.05, 4.69) is 43.4 Å². The van der Waals surface area contributed by atoms with Crippen LogP contribution in [0.5, 0.6) is 0 Å². The van der Waals surface area contributed by atoms with Gasteiger partial charge in [-0.25, -0.2) is 0 Å². The first kappa shape index (κ1) is 15.4. The molecule has 0 aliphatic carbocycles. The van der Waals surface area contributed by atoms with E-state index in [9.17, 15) is 9.59 Å². The Balaban J connectivity index is 2.34. The quantitative estimate of drug-likeness (QED) is 0.767. The third-order valence-corrected chi connectivity index (χ3v) is 2.81. The highest BCUT2D eigenvalue weighted by molar-refractivity contribution is 5.96. The van der Waals surface area contributed by atoms with Crippen molar-refractivity contribution in [1.82, 2.24) is 5.32 Å². The van der Waals surface area contributed by atoms with E-state index in [-0.39, 0.29) is 18.1 Å². The van der Waals surface area contributed by atoms with Crippen LogP contribution in [0.25, 0.3) is 0 Å². The molecule has 3 heteroatoms. The minimum Gasteiger partial charge on any atom is -0.355 e. The average Bonchev–Trinajstić information content (AvgIpc) is 2.29. The van der Waals surface area contributed by atoms with Gasteiger partial charge in [0, 0.05) is 6.54 Å². The number of amides is 1. The Morgan fingerprint density at radius 1 is 1.11 bits per heavy atom. The molecule has 1 amide bonds. The lowest BCUT2D eigenvalue weighted by molar-refractivity contribution is -0.127. The predicted octanol–water partition coefficient (Wildman–Crippen LogP) is 2.52. The van der Waals surface area contributed by atoms with Crippen LogP contribution in [0.4, 0.5) is 0 Å². The molecule has 1 aromatic carbocycles. The van der Waals surface area contributed by atoms with Crippen molar-refractivity contribution < 1.29 is 9.59 Å². The van der Waals surface area contributed by atoms with E-state index in [0.29, 0.717) is 12.5 Å². The third kappa shape index (κ3) is 6.75. The molecule has 0 saturated heterocycles. The monoisotopic (exact) mass is 261 g/mol. The molecule has 104 valence electrons. The average molecular weight is 261 g/mol. The topological polar surface area (TPSA) is 46.2 Å². The molecular formula is C16H23NO2. The van der Waals surface area contributed by atoms with Crippen LogP contribution in [0.3, 0.4) is 0 Å². The van der Waals surface area contributed by atoms with Crippen molar-refractivity contribution in [3.63, 3.8) is 0 Å². The molecule has 0 bridgehead atoms. The van der Waals surface area contributed by atoms with Crippen molar-refractivity contribution in [1.29, 1.82) is 0 Å². The second-order valence-electron chi connectivity index (χ2n) is 5.39. The Morgan fingerprint density at radius 2 is 1.68 bits per heavy atom. The van der Waals surface area contributed by atoms with Crippen LogP contribution in [-0.4, -0.2) is 18.2 Å². The van der Waals surface area contributed by atoms with Crippen molar-refractivity contribution in [2.45, 2.75) is 40.0 Å². The Labute approximate surface area is 115 Å². The molecule has 1 rings (SSSR count). The van der Waals surface area contributed by atoms with Crippen molar-refractivity contribution >= 4 is 11.7 Å². The molecule has 1 aromatic rings. The number of ketones is 1. The maximum absolute atomic E-state index is 11.3. The predicted molar refractivity (Wildman–Crippen MR) is 77.0 cm³/mol. The van der Waals surface area contributed by atoms with Gasteiger partial charge >= 0.3 is 0 Å². The van der Waals surface area contributed by atoms with Gasteiger partial charge in [0.1, 0.15) is 5.78 Å². The lowest BCUT2D eigenvalue weighted by Gasteiger charge is -2.07. The zero-order valence-electron chi connectivity index (χ0n) is 12.0. The third-order valence-electron chi connectivity index (χ3n) is 2.81. The fourth-order valence-electron chi connectivity index (χ4n) is 1.95. The van der Waals surface area contributed by atoms with E-state index >= 15 is 0 Å². The van der Waals surface area contributed by atoms with Crippen molar-refractivity contribution in [2.24, 2.45) is 5.92 Å². The molecule has 0 heterocycles. The van der Waals surface area contributed by atoms with Gasteiger partial charge in [-0.05, 0) is 36.8 Å². The van der Waals surface area contributed by atoms with E-state index in [4.69, 9.17) is 0 Å². The minimum absolute atomic E-state index is 0.0205. The summed E-state index contributed by atoms with van der Waals surface area (Å²) < 4.78 is 0. The number of carbonyl (C=O) groups is 2. The molecule has 0 fully saturated rings. The summed E-state index contributed by atoms with van der Waals surface area (Å²) in [5.74, 6) is 0.371. The van der Waals surface area contributed by atoms with Gasteiger partial charge in [-0.15, -0.1) is 0 Å². The molecule has 0 spiro atoms. The molecule has 0 radical (unpaired) electrons. The van der Waals surface area contributed by atoms with Gasteiger partial charge in [0.2, 0.25) is 5.91 Å². The summed E-state index contributed by atoms with van der Waals surface area (Å²) in [6.07, 6.45) is 1.87. The van der Waals surface area contributed by atoms with E-state index < -0.39 is 0 Å². The van der Waals surface area contributed by atoms with Gasteiger partial charge in [0.25, 0.3) is 0 Å². The van der Waals surface area contributed by atoms with Crippen molar-refractivity contribution in [3.8, 4) is 0 Å². The largest absolute Gasteiger partial charge is 0.355 e. The van der Waals surface area contributed by atoms with Gasteiger partial charge < -0.3 is 5.32 Å². The van der Waals surface area contributed by atoms with Crippen LogP contribution >= 0.6 is 0 Å². The number of benzene rings is 1. The second kappa shape index (κ2) is 7.72. The molecule has 0 atom stereocenters. The summed E-state index contributed by atoms with van der Waals surface area (Å²) in [6.45, 7) is 6.42. The highest BCUT2D eigenvalue weighted by atomic mass is 16.2. The first-order chi connectivity index (χ1) is 8.97. The lowest BCUT2D eigenvalue weighted by Crippen LogP contribution is -2.27. The van der Waals surface area contributed by atoms with Gasteiger partial charge in [0.15, 0.2) is 0 Å². The van der Waals surface area contributed by atoms with Crippen LogP contribution in [0.1, 0.15) is 38.3 Å². The number of hydrogen-bond donors (Lipinski definition) is 1. The van der Waals surface area contributed by atoms with Crippen LogP contribution in [0.15, 0.2) is 24.3 Å². The molecule has 0 aromatic heterocycles. The number of hydrogen-bond acceptors (Lipinski definition) is 2. The summed E-state index contributed by atoms with van der Waals surface area (Å²) in [4.78, 5) is 22.0. The molecular weight excluding hydrogens is 238 g/mol.